The Morgan fingerprint density at radius 3 is 1.88 bits per heavy atom. The summed E-state index contributed by atoms with van der Waals surface area (Å²) >= 11 is 0. The van der Waals surface area contributed by atoms with E-state index in [9.17, 15) is 0 Å². The van der Waals surface area contributed by atoms with E-state index in [1.165, 1.54) is 0 Å². The first-order chi connectivity index (χ1) is 3.05. The third-order valence-electron chi connectivity index (χ3n) is 0.449. The Kier molecular flexibility index (Phi) is 3.52. The zero-order chi connectivity index (χ0) is 5.57. The fraction of sp³-hybridized carbons (Fsp3) is 0. The first-order valence-corrected chi connectivity index (χ1v) is 3.72. The van der Waals surface area contributed by atoms with Gasteiger partial charge in [0.05, 0.1) is 0 Å². The molecule has 8 heteroatoms. The fourth-order valence-corrected chi connectivity index (χ4v) is 0.707. The second-order valence-electron chi connectivity index (χ2n) is 1.06. The van der Waals surface area contributed by atoms with E-state index in [0.717, 1.165) is 0 Å². The maximum Gasteiger partial charge on any atom is 1.00 e. The Bertz CT molecular complexity index is 97.1. The summed E-state index contributed by atoms with van der Waals surface area (Å²) in [7, 11) is -2.74. The average Bonchev–Trinajstić information content (AvgIpc) is 2.20. The summed E-state index contributed by atoms with van der Waals surface area (Å²) < 4.78 is 11.4. The molecule has 1 rings (SSSR count). The van der Waals surface area contributed by atoms with Crippen molar-refractivity contribution in [3.8, 4) is 0 Å². The third-order valence-corrected chi connectivity index (χ3v) is 2.43. The minimum Gasteiger partial charge on any atom is -1.00 e. The standard InChI is InChI=1S/K.H4O5P2.H/c;1-7(2,5-6)3-4-7;/h;1-2H,6H2;/q+1;;-1. The normalized spacial score (nSPS) is 33.6. The molecule has 46 valence electrons. The van der Waals surface area contributed by atoms with Crippen LogP contribution in [0.5, 0.6) is 0 Å². The van der Waals surface area contributed by atoms with Gasteiger partial charge in [-0.1, -0.05) is 0 Å². The van der Waals surface area contributed by atoms with Crippen LogP contribution in [-0.2, 0) is 13.7 Å². The summed E-state index contributed by atoms with van der Waals surface area (Å²) in [4.78, 5) is 16.8. The molecule has 0 aromatic heterocycles. The second kappa shape index (κ2) is 2.73. The number of hydrogen-bond donors (Lipinski definition) is 2. The van der Waals surface area contributed by atoms with E-state index < -0.39 is 7.74 Å². The molecule has 0 aromatic rings. The Morgan fingerprint density at radius 2 is 1.88 bits per heavy atom. The molecule has 2 N–H and O–H groups in total. The van der Waals surface area contributed by atoms with Crippen LogP contribution in [0.3, 0.4) is 0 Å². The molecule has 1 atom stereocenters. The largest absolute Gasteiger partial charge is 1.00 e. The van der Waals surface area contributed by atoms with Gasteiger partial charge >= 0.3 is 92.0 Å². The average molecular weight is 186 g/mol. The summed E-state index contributed by atoms with van der Waals surface area (Å²) in [6.07, 6.45) is 0. The van der Waals surface area contributed by atoms with Gasteiger partial charge in [0.2, 0.25) is 0 Å². The van der Waals surface area contributed by atoms with Gasteiger partial charge in [-0.25, -0.2) is 0 Å². The van der Waals surface area contributed by atoms with Crippen molar-refractivity contribution >= 4 is 17.2 Å². The molecule has 1 heterocycles. The monoisotopic (exact) mass is 186 g/mol. The van der Waals surface area contributed by atoms with Crippen LogP contribution in [0.25, 0.3) is 0 Å². The maximum absolute atomic E-state index is 8.40. The molecule has 5 nitrogen and oxygen atoms in total. The molecule has 1 aliphatic heterocycles. The van der Waals surface area contributed by atoms with E-state index in [1.807, 2.05) is 0 Å². The first kappa shape index (κ1) is 10.3. The van der Waals surface area contributed by atoms with E-state index in [-0.39, 0.29) is 52.8 Å². The topological polar surface area (TPSA) is 74.8 Å². The van der Waals surface area contributed by atoms with Gasteiger partial charge < -0.3 is 1.43 Å². The molecule has 1 fully saturated rings. The maximum atomic E-state index is 8.40. The molecule has 0 saturated carbocycles. The van der Waals surface area contributed by atoms with Crippen LogP contribution in [0.15, 0.2) is 0 Å². The molecule has 0 aliphatic carbocycles. The van der Waals surface area contributed by atoms with Gasteiger partial charge in [0.1, 0.15) is 0 Å². The van der Waals surface area contributed by atoms with E-state index in [0.29, 0.717) is 0 Å². The van der Waals surface area contributed by atoms with Gasteiger partial charge in [0, 0.05) is 0 Å². The summed E-state index contributed by atoms with van der Waals surface area (Å²) in [6, 6.07) is 0. The van der Waals surface area contributed by atoms with Crippen molar-refractivity contribution < 1.29 is 76.3 Å². The summed E-state index contributed by atoms with van der Waals surface area (Å²) in [5, 5.41) is 0. The third kappa shape index (κ3) is 2.50. The van der Waals surface area contributed by atoms with Gasteiger partial charge in [0.25, 0.3) is 0 Å². The predicted molar refractivity (Wildman–Crippen MR) is 25.4 cm³/mol. The summed E-state index contributed by atoms with van der Waals surface area (Å²) in [5.74, 6) is 0. The molecule has 0 radical (unpaired) electrons. The van der Waals surface area contributed by atoms with E-state index >= 15 is 0 Å². The van der Waals surface area contributed by atoms with Gasteiger partial charge in [-0.3, -0.25) is 0 Å². The minimum atomic E-state index is -4.36. The Morgan fingerprint density at radius 1 is 1.50 bits per heavy atom. The minimum absolute atomic E-state index is 0. The van der Waals surface area contributed by atoms with Crippen molar-refractivity contribution in [1.82, 2.24) is 0 Å². The van der Waals surface area contributed by atoms with Gasteiger partial charge in [-0.15, -0.1) is 0 Å². The summed E-state index contributed by atoms with van der Waals surface area (Å²) in [6.45, 7) is 0. The fourth-order valence-electron chi connectivity index (χ4n) is 0.0786. The van der Waals surface area contributed by atoms with Crippen molar-refractivity contribution in [2.24, 2.45) is 0 Å². The molecular formula is H5KO5P2. The molecule has 0 amide bonds. The molecule has 0 bridgehead atoms. The van der Waals surface area contributed by atoms with Crippen molar-refractivity contribution in [1.29, 1.82) is 0 Å². The smallest absolute Gasteiger partial charge is 1.00 e. The van der Waals surface area contributed by atoms with E-state index in [4.69, 9.17) is 9.79 Å². The van der Waals surface area contributed by atoms with E-state index in [2.05, 4.69) is 13.7 Å². The van der Waals surface area contributed by atoms with Crippen molar-refractivity contribution in [2.75, 3.05) is 0 Å². The SMILES string of the molecule is OP1(O)(OP)OO1.[H-].[K+]. The van der Waals surface area contributed by atoms with Crippen LogP contribution in [0.1, 0.15) is 1.43 Å². The van der Waals surface area contributed by atoms with Crippen LogP contribution in [0.2, 0.25) is 0 Å². The van der Waals surface area contributed by atoms with Gasteiger partial charge in [-0.05, 0) is 0 Å². The van der Waals surface area contributed by atoms with Crippen LogP contribution < -0.4 is 51.4 Å². The quantitative estimate of drug-likeness (QED) is 0.197. The van der Waals surface area contributed by atoms with Crippen LogP contribution in [-0.4, -0.2) is 9.79 Å². The van der Waals surface area contributed by atoms with Crippen LogP contribution in [0.4, 0.5) is 0 Å². The molecule has 8 heavy (non-hydrogen) atoms. The second-order valence-corrected chi connectivity index (χ2v) is 3.80. The first-order valence-electron chi connectivity index (χ1n) is 1.35. The van der Waals surface area contributed by atoms with E-state index in [1.54, 1.807) is 9.47 Å². The molecule has 0 spiro atoms. The molecule has 1 aliphatic rings. The molecule has 1 saturated heterocycles. The Hall–Kier alpha value is 2.30. The zero-order valence-electron chi connectivity index (χ0n) is 5.14. The van der Waals surface area contributed by atoms with Crippen molar-refractivity contribution in [3.05, 3.63) is 0 Å². The molecule has 0 aromatic carbocycles. The predicted octanol–water partition coefficient (Wildman–Crippen LogP) is -3.02. The number of rotatable bonds is 1. The van der Waals surface area contributed by atoms with Gasteiger partial charge in [-0.2, -0.15) is 0 Å². The molecule has 1 unspecified atom stereocenters. The van der Waals surface area contributed by atoms with Crippen molar-refractivity contribution in [2.45, 2.75) is 0 Å². The van der Waals surface area contributed by atoms with Crippen molar-refractivity contribution in [3.63, 3.8) is 0 Å². The zero-order valence-corrected chi connectivity index (χ0v) is 9.32. The van der Waals surface area contributed by atoms with Gasteiger partial charge in [0.15, 0.2) is 0 Å². The van der Waals surface area contributed by atoms with Crippen LogP contribution >= 0.6 is 17.2 Å². The Labute approximate surface area is 92.2 Å². The number of hydrogen-bond acceptors (Lipinski definition) is 5. The summed E-state index contributed by atoms with van der Waals surface area (Å²) in [5.41, 5.74) is 0. The Balaban J connectivity index is 0. The van der Waals surface area contributed by atoms with Crippen LogP contribution in [0, 0.1) is 0 Å². The molecular weight excluding hydrogens is 181 g/mol.